The van der Waals surface area contributed by atoms with Crippen molar-refractivity contribution < 1.29 is 5.11 Å². The van der Waals surface area contributed by atoms with Crippen LogP contribution in [0.3, 0.4) is 0 Å². The molecular formula is C18H24N2O. The Morgan fingerprint density at radius 2 is 2.19 bits per heavy atom. The lowest BCUT2D eigenvalue weighted by Crippen LogP contribution is -2.46. The summed E-state index contributed by atoms with van der Waals surface area (Å²) in [5.74, 6) is 0. The molecule has 1 aromatic heterocycles. The monoisotopic (exact) mass is 284 g/mol. The van der Waals surface area contributed by atoms with Crippen LogP contribution in [0, 0.1) is 5.41 Å². The van der Waals surface area contributed by atoms with Gasteiger partial charge in [0.05, 0.1) is 6.04 Å². The molecule has 3 nitrogen and oxygen atoms in total. The van der Waals surface area contributed by atoms with Crippen molar-refractivity contribution in [1.29, 1.82) is 0 Å². The zero-order valence-electron chi connectivity index (χ0n) is 12.7. The Hall–Kier alpha value is -1.32. The number of fused-ring (bicyclic) bond motifs is 5. The number of aliphatic hydroxyl groups is 1. The first kappa shape index (κ1) is 13.4. The van der Waals surface area contributed by atoms with Gasteiger partial charge in [0, 0.05) is 29.7 Å². The highest BCUT2D eigenvalue weighted by Gasteiger charge is 2.41. The third kappa shape index (κ3) is 1.95. The molecule has 3 heterocycles. The van der Waals surface area contributed by atoms with Crippen LogP contribution < -0.4 is 0 Å². The summed E-state index contributed by atoms with van der Waals surface area (Å²) in [6.45, 7) is 4.82. The number of aliphatic hydroxyl groups excluding tert-OH is 1. The van der Waals surface area contributed by atoms with Gasteiger partial charge >= 0.3 is 0 Å². The highest BCUT2D eigenvalue weighted by atomic mass is 16.3. The van der Waals surface area contributed by atoms with Crippen LogP contribution in [-0.2, 0) is 6.42 Å². The van der Waals surface area contributed by atoms with Gasteiger partial charge in [0.15, 0.2) is 0 Å². The fraction of sp³-hybridized carbons (Fsp3) is 0.556. The Kier molecular flexibility index (Phi) is 3.09. The van der Waals surface area contributed by atoms with E-state index >= 15 is 0 Å². The first-order valence-electron chi connectivity index (χ1n) is 8.21. The molecular weight excluding hydrogens is 260 g/mol. The number of nitrogens with one attached hydrogen (secondary N) is 1. The number of hydrogen-bond acceptors (Lipinski definition) is 2. The summed E-state index contributed by atoms with van der Waals surface area (Å²) in [5.41, 5.74) is 4.30. The van der Waals surface area contributed by atoms with Gasteiger partial charge in [-0.15, -0.1) is 0 Å². The minimum absolute atomic E-state index is 0.118. The van der Waals surface area contributed by atoms with Gasteiger partial charge in [0.2, 0.25) is 0 Å². The zero-order valence-corrected chi connectivity index (χ0v) is 12.7. The lowest BCUT2D eigenvalue weighted by Gasteiger charge is -2.47. The molecule has 21 heavy (non-hydrogen) atoms. The van der Waals surface area contributed by atoms with Crippen molar-refractivity contribution in [3.8, 4) is 0 Å². The molecule has 1 fully saturated rings. The largest absolute Gasteiger partial charge is 0.396 e. The number of aromatic nitrogens is 1. The van der Waals surface area contributed by atoms with Crippen molar-refractivity contribution in [1.82, 2.24) is 9.88 Å². The standard InChI is InChI=1S/C18H24N2O/c1-2-18(12-21)8-10-20-9-7-14-13-5-3-4-6-15(13)19-17(14)16(20)11-18/h3-6,16,19,21H,2,7-12H2,1H3. The molecule has 2 aliphatic rings. The van der Waals surface area contributed by atoms with Crippen LogP contribution >= 0.6 is 0 Å². The van der Waals surface area contributed by atoms with Crippen LogP contribution in [0.25, 0.3) is 10.9 Å². The van der Waals surface area contributed by atoms with E-state index in [1.54, 1.807) is 0 Å². The van der Waals surface area contributed by atoms with E-state index in [0.717, 1.165) is 38.8 Å². The molecule has 1 saturated heterocycles. The molecule has 0 spiro atoms. The van der Waals surface area contributed by atoms with E-state index in [0.29, 0.717) is 12.6 Å². The SMILES string of the molecule is CCC1(CO)CCN2CCc3c([nH]c4ccccc34)C2C1. The van der Waals surface area contributed by atoms with Gasteiger partial charge in [0.25, 0.3) is 0 Å². The maximum Gasteiger partial charge on any atom is 0.0507 e. The molecule has 2 atom stereocenters. The minimum atomic E-state index is 0.118. The van der Waals surface area contributed by atoms with E-state index in [2.05, 4.69) is 41.1 Å². The maximum atomic E-state index is 9.89. The van der Waals surface area contributed by atoms with Crippen LogP contribution in [0.4, 0.5) is 0 Å². The van der Waals surface area contributed by atoms with Crippen LogP contribution in [0.15, 0.2) is 24.3 Å². The Labute approximate surface area is 126 Å². The molecule has 0 saturated carbocycles. The smallest absolute Gasteiger partial charge is 0.0507 e. The fourth-order valence-corrected chi connectivity index (χ4v) is 4.34. The van der Waals surface area contributed by atoms with Crippen LogP contribution in [0.1, 0.15) is 43.5 Å². The van der Waals surface area contributed by atoms with Gasteiger partial charge in [0.1, 0.15) is 0 Å². The number of hydrogen-bond donors (Lipinski definition) is 2. The van der Waals surface area contributed by atoms with E-state index in [-0.39, 0.29) is 5.41 Å². The average molecular weight is 284 g/mol. The number of para-hydroxylation sites is 1. The van der Waals surface area contributed by atoms with Gasteiger partial charge in [-0.05, 0) is 49.3 Å². The first-order valence-corrected chi connectivity index (χ1v) is 8.21. The molecule has 3 heteroatoms. The van der Waals surface area contributed by atoms with Crippen molar-refractivity contribution >= 4 is 10.9 Å². The fourth-order valence-electron chi connectivity index (χ4n) is 4.34. The van der Waals surface area contributed by atoms with Gasteiger partial charge < -0.3 is 10.1 Å². The molecule has 0 amide bonds. The molecule has 0 bridgehead atoms. The maximum absolute atomic E-state index is 9.89. The van der Waals surface area contributed by atoms with Crippen molar-refractivity contribution in [3.05, 3.63) is 35.5 Å². The molecule has 1 aromatic carbocycles. The van der Waals surface area contributed by atoms with E-state index < -0.39 is 0 Å². The molecule has 2 aromatic rings. The highest BCUT2D eigenvalue weighted by Crippen LogP contribution is 2.47. The second-order valence-corrected chi connectivity index (χ2v) is 6.83. The molecule has 0 radical (unpaired) electrons. The molecule has 2 N–H and O–H groups in total. The normalized spacial score (nSPS) is 29.3. The third-order valence-electron chi connectivity index (χ3n) is 5.91. The van der Waals surface area contributed by atoms with Gasteiger partial charge in [-0.2, -0.15) is 0 Å². The van der Waals surface area contributed by atoms with Crippen molar-refractivity contribution in [2.24, 2.45) is 5.41 Å². The Morgan fingerprint density at radius 3 is 3.00 bits per heavy atom. The Bertz CT molecular complexity index is 656. The second kappa shape index (κ2) is 4.85. The number of H-pyrrole nitrogens is 1. The topological polar surface area (TPSA) is 39.3 Å². The van der Waals surface area contributed by atoms with Gasteiger partial charge in [-0.3, -0.25) is 4.90 Å². The summed E-state index contributed by atoms with van der Waals surface area (Å²) in [5, 5.41) is 11.3. The first-order chi connectivity index (χ1) is 10.3. The number of piperidine rings is 1. The summed E-state index contributed by atoms with van der Waals surface area (Å²) in [7, 11) is 0. The number of rotatable bonds is 2. The van der Waals surface area contributed by atoms with Crippen molar-refractivity contribution in [2.75, 3.05) is 19.7 Å². The summed E-state index contributed by atoms with van der Waals surface area (Å²) in [6.07, 6.45) is 4.43. The number of aromatic amines is 1. The summed E-state index contributed by atoms with van der Waals surface area (Å²) in [6, 6.07) is 9.12. The van der Waals surface area contributed by atoms with Crippen molar-refractivity contribution in [3.63, 3.8) is 0 Å². The molecule has 112 valence electrons. The van der Waals surface area contributed by atoms with Crippen LogP contribution in [-0.4, -0.2) is 34.7 Å². The molecule has 2 aliphatic heterocycles. The summed E-state index contributed by atoms with van der Waals surface area (Å²) >= 11 is 0. The Balaban J connectivity index is 1.78. The van der Waals surface area contributed by atoms with Crippen LogP contribution in [0.2, 0.25) is 0 Å². The lowest BCUT2D eigenvalue weighted by molar-refractivity contribution is -0.000540. The minimum Gasteiger partial charge on any atom is -0.396 e. The van der Waals surface area contributed by atoms with E-state index in [1.807, 2.05) is 0 Å². The molecule has 2 unspecified atom stereocenters. The van der Waals surface area contributed by atoms with Crippen molar-refractivity contribution in [2.45, 2.75) is 38.6 Å². The van der Waals surface area contributed by atoms with Gasteiger partial charge in [-0.25, -0.2) is 0 Å². The average Bonchev–Trinajstić information content (AvgIpc) is 2.93. The quantitative estimate of drug-likeness (QED) is 0.888. The number of nitrogens with zero attached hydrogens (tertiary/aromatic N) is 1. The van der Waals surface area contributed by atoms with Crippen LogP contribution in [0.5, 0.6) is 0 Å². The summed E-state index contributed by atoms with van der Waals surface area (Å²) in [4.78, 5) is 6.29. The number of benzene rings is 1. The summed E-state index contributed by atoms with van der Waals surface area (Å²) < 4.78 is 0. The zero-order chi connectivity index (χ0) is 14.4. The van der Waals surface area contributed by atoms with E-state index in [9.17, 15) is 5.11 Å². The predicted molar refractivity (Wildman–Crippen MR) is 85.4 cm³/mol. The van der Waals surface area contributed by atoms with Gasteiger partial charge in [-0.1, -0.05) is 25.1 Å². The Morgan fingerprint density at radius 1 is 1.33 bits per heavy atom. The molecule has 0 aliphatic carbocycles. The van der Waals surface area contributed by atoms with E-state index in [4.69, 9.17) is 0 Å². The second-order valence-electron chi connectivity index (χ2n) is 6.83. The van der Waals surface area contributed by atoms with E-state index in [1.165, 1.54) is 22.2 Å². The molecule has 4 rings (SSSR count). The third-order valence-corrected chi connectivity index (χ3v) is 5.91. The lowest BCUT2D eigenvalue weighted by atomic mass is 9.72. The highest BCUT2D eigenvalue weighted by molar-refractivity contribution is 5.85. The predicted octanol–water partition coefficient (Wildman–Crippen LogP) is 3.25.